The van der Waals surface area contributed by atoms with Gasteiger partial charge in [-0.25, -0.2) is 9.59 Å². The summed E-state index contributed by atoms with van der Waals surface area (Å²) >= 11 is 3.35. The quantitative estimate of drug-likeness (QED) is 0.460. The van der Waals surface area contributed by atoms with Crippen LogP contribution in [0.2, 0.25) is 0 Å². The zero-order chi connectivity index (χ0) is 19.2. The summed E-state index contributed by atoms with van der Waals surface area (Å²) in [5.41, 5.74) is -1.68. The van der Waals surface area contributed by atoms with Crippen LogP contribution in [0.3, 0.4) is 0 Å². The Morgan fingerprint density at radius 2 is 1.93 bits per heavy atom. The number of hydrogen-bond acceptors (Lipinski definition) is 6. The Morgan fingerprint density at radius 3 is 2.59 bits per heavy atom. The lowest BCUT2D eigenvalue weighted by atomic mass is 9.80. The van der Waals surface area contributed by atoms with Crippen molar-refractivity contribution in [3.05, 3.63) is 74.6 Å². The Morgan fingerprint density at radius 1 is 1.22 bits per heavy atom. The second-order valence-corrected chi connectivity index (χ2v) is 6.97. The molecular weight excluding hydrogens is 414 g/mol. The number of hydrogen-bond donors (Lipinski definition) is 0. The van der Waals surface area contributed by atoms with Gasteiger partial charge < -0.3 is 13.9 Å². The fraction of sp³-hybridized carbons (Fsp3) is 0.150. The topological polar surface area (TPSA) is 89.5 Å². The molecule has 4 rings (SSSR count). The van der Waals surface area contributed by atoms with Gasteiger partial charge in [0, 0.05) is 4.47 Å². The molecule has 2 heterocycles. The van der Waals surface area contributed by atoms with E-state index >= 15 is 0 Å². The van der Waals surface area contributed by atoms with Gasteiger partial charge in [-0.2, -0.15) is 5.26 Å². The van der Waals surface area contributed by atoms with Gasteiger partial charge in [0.25, 0.3) is 0 Å². The van der Waals surface area contributed by atoms with Gasteiger partial charge in [-0.3, -0.25) is 0 Å². The fourth-order valence-corrected chi connectivity index (χ4v) is 3.68. The molecule has 0 saturated carbocycles. The third-order valence-corrected chi connectivity index (χ3v) is 5.14. The molecular formula is C20H12BrNO5. The van der Waals surface area contributed by atoms with Gasteiger partial charge in [-0.1, -0.05) is 40.2 Å². The lowest BCUT2D eigenvalue weighted by Crippen LogP contribution is -2.46. The van der Waals surface area contributed by atoms with Crippen molar-refractivity contribution in [1.82, 2.24) is 0 Å². The SMILES string of the molecule is COC(=O)C1(C#N)Oc2c(c(=O)oc3ccccc23)C1c1ccc(Br)cc1. The highest BCUT2D eigenvalue weighted by molar-refractivity contribution is 9.10. The van der Waals surface area contributed by atoms with Gasteiger partial charge in [0.05, 0.1) is 24.0 Å². The maximum atomic E-state index is 12.8. The average molecular weight is 426 g/mol. The van der Waals surface area contributed by atoms with Crippen LogP contribution in [0.4, 0.5) is 0 Å². The number of rotatable bonds is 2. The number of carbonyl (C=O) groups excluding carboxylic acids is 1. The molecule has 7 heteroatoms. The fourth-order valence-electron chi connectivity index (χ4n) is 3.42. The van der Waals surface area contributed by atoms with Crippen LogP contribution in [0.15, 0.2) is 62.2 Å². The molecule has 0 spiro atoms. The number of halogens is 1. The van der Waals surface area contributed by atoms with E-state index in [2.05, 4.69) is 15.9 Å². The molecule has 0 aliphatic carbocycles. The molecule has 0 saturated heterocycles. The summed E-state index contributed by atoms with van der Waals surface area (Å²) in [4.78, 5) is 25.4. The molecule has 3 aromatic rings. The highest BCUT2D eigenvalue weighted by Gasteiger charge is 2.59. The number of ether oxygens (including phenoxy) is 2. The van der Waals surface area contributed by atoms with E-state index in [-0.39, 0.29) is 11.3 Å². The van der Waals surface area contributed by atoms with Crippen LogP contribution in [-0.4, -0.2) is 18.7 Å². The van der Waals surface area contributed by atoms with Crippen molar-refractivity contribution in [1.29, 1.82) is 5.26 Å². The van der Waals surface area contributed by atoms with Crippen LogP contribution in [0.1, 0.15) is 17.0 Å². The molecule has 0 amide bonds. The smallest absolute Gasteiger partial charge is 0.366 e. The summed E-state index contributed by atoms with van der Waals surface area (Å²) in [5, 5.41) is 10.4. The van der Waals surface area contributed by atoms with E-state index in [4.69, 9.17) is 13.9 Å². The first-order valence-corrected chi connectivity index (χ1v) is 8.81. The van der Waals surface area contributed by atoms with E-state index in [9.17, 15) is 14.9 Å². The summed E-state index contributed by atoms with van der Waals surface area (Å²) in [7, 11) is 1.17. The normalized spacial score (nSPS) is 20.6. The zero-order valence-corrected chi connectivity index (χ0v) is 15.6. The summed E-state index contributed by atoms with van der Waals surface area (Å²) < 4.78 is 17.0. The first-order valence-electron chi connectivity index (χ1n) is 8.01. The van der Waals surface area contributed by atoms with Crippen molar-refractivity contribution < 1.29 is 18.7 Å². The third kappa shape index (κ3) is 2.45. The Hall–Kier alpha value is -3.11. The minimum atomic E-state index is -2.02. The maximum Gasteiger partial charge on any atom is 0.366 e. The number of esters is 1. The summed E-state index contributed by atoms with van der Waals surface area (Å²) in [6.45, 7) is 0. The molecule has 1 aliphatic rings. The predicted molar refractivity (Wildman–Crippen MR) is 99.5 cm³/mol. The molecule has 2 unspecified atom stereocenters. The average Bonchev–Trinajstić information content (AvgIpc) is 3.05. The minimum Gasteiger partial charge on any atom is -0.465 e. The second kappa shape index (κ2) is 6.25. The van der Waals surface area contributed by atoms with E-state index < -0.39 is 23.1 Å². The summed E-state index contributed by atoms with van der Waals surface area (Å²) in [6.07, 6.45) is 0. The van der Waals surface area contributed by atoms with Crippen LogP contribution >= 0.6 is 15.9 Å². The molecule has 134 valence electrons. The number of methoxy groups -OCH3 is 1. The summed E-state index contributed by atoms with van der Waals surface area (Å²) in [5.74, 6) is -1.70. The minimum absolute atomic E-state index is 0.128. The van der Waals surface area contributed by atoms with E-state index in [1.165, 1.54) is 7.11 Å². The first kappa shape index (κ1) is 17.3. The lowest BCUT2D eigenvalue weighted by Gasteiger charge is -2.25. The van der Waals surface area contributed by atoms with E-state index in [1.807, 2.05) is 6.07 Å². The number of benzene rings is 2. The predicted octanol–water partition coefficient (Wildman–Crippen LogP) is 3.52. The molecule has 0 N–H and O–H groups in total. The molecule has 1 aromatic heterocycles. The van der Waals surface area contributed by atoms with Crippen LogP contribution in [0.5, 0.6) is 5.75 Å². The van der Waals surface area contributed by atoms with Crippen molar-refractivity contribution >= 4 is 32.9 Å². The molecule has 27 heavy (non-hydrogen) atoms. The molecule has 0 radical (unpaired) electrons. The number of para-hydroxylation sites is 1. The van der Waals surface area contributed by atoms with Crippen molar-refractivity contribution in [3.63, 3.8) is 0 Å². The number of carbonyl (C=O) groups is 1. The number of nitriles is 1. The lowest BCUT2D eigenvalue weighted by molar-refractivity contribution is -0.153. The second-order valence-electron chi connectivity index (χ2n) is 6.05. The molecule has 1 aliphatic heterocycles. The van der Waals surface area contributed by atoms with Gasteiger partial charge in [0.2, 0.25) is 0 Å². The highest BCUT2D eigenvalue weighted by atomic mass is 79.9. The summed E-state index contributed by atoms with van der Waals surface area (Å²) in [6, 6.07) is 15.7. The Bertz CT molecular complexity index is 1160. The Kier molecular flexibility index (Phi) is 4.01. The standard InChI is InChI=1S/C20H12BrNO5/c1-25-19(24)20(10-22)16(11-6-8-12(21)9-7-11)15-17(27-20)13-4-2-3-5-14(13)26-18(15)23/h2-9,16H,1H3. The Labute approximate surface area is 162 Å². The first-order chi connectivity index (χ1) is 13.0. The van der Waals surface area contributed by atoms with Crippen molar-refractivity contribution in [2.75, 3.05) is 7.11 Å². The molecule has 2 atom stereocenters. The van der Waals surface area contributed by atoms with Gasteiger partial charge >= 0.3 is 17.2 Å². The maximum absolute atomic E-state index is 12.8. The van der Waals surface area contributed by atoms with Crippen molar-refractivity contribution in [2.45, 2.75) is 11.5 Å². The van der Waals surface area contributed by atoms with E-state index in [0.717, 1.165) is 4.47 Å². The van der Waals surface area contributed by atoms with Gasteiger partial charge in [-0.05, 0) is 29.8 Å². The van der Waals surface area contributed by atoms with Crippen molar-refractivity contribution in [3.8, 4) is 11.8 Å². The monoisotopic (exact) mass is 425 g/mol. The highest BCUT2D eigenvalue weighted by Crippen LogP contribution is 2.50. The Balaban J connectivity index is 2.08. The van der Waals surface area contributed by atoms with Crippen LogP contribution < -0.4 is 10.4 Å². The molecule has 6 nitrogen and oxygen atoms in total. The van der Waals surface area contributed by atoms with Gasteiger partial charge in [0.1, 0.15) is 17.4 Å². The number of nitrogens with zero attached hydrogens (tertiary/aromatic N) is 1. The third-order valence-electron chi connectivity index (χ3n) is 4.62. The van der Waals surface area contributed by atoms with Crippen molar-refractivity contribution in [2.24, 2.45) is 0 Å². The largest absolute Gasteiger partial charge is 0.465 e. The molecule has 0 fully saturated rings. The van der Waals surface area contributed by atoms with E-state index in [1.54, 1.807) is 48.5 Å². The van der Waals surface area contributed by atoms with Crippen LogP contribution in [0, 0.1) is 11.3 Å². The molecule has 0 bridgehead atoms. The zero-order valence-electron chi connectivity index (χ0n) is 14.1. The van der Waals surface area contributed by atoms with Gasteiger partial charge in [-0.15, -0.1) is 0 Å². The van der Waals surface area contributed by atoms with Crippen LogP contribution in [0.25, 0.3) is 11.0 Å². The molecule has 2 aromatic carbocycles. The number of fused-ring (bicyclic) bond motifs is 3. The van der Waals surface area contributed by atoms with Gasteiger partial charge in [0.15, 0.2) is 0 Å². The van der Waals surface area contributed by atoms with Crippen LogP contribution in [-0.2, 0) is 9.53 Å². The van der Waals surface area contributed by atoms with E-state index in [0.29, 0.717) is 16.5 Å².